The Hall–Kier alpha value is -3.16. The highest BCUT2D eigenvalue weighted by atomic mass is 32.2. The standard InChI is InChI=1S/C31H35NO5S/c1-20(2)32(21(3)4)38(34,35)26-11-8-24(9-12-26)27-16-23(7-6-22(27)5)17-30(33)31(14-15-31)25-10-13-28-29(18-25)37-19-36-28/h6-13,16,18,20-21H,14-15,17,19H2,1-5H3. The minimum atomic E-state index is -3.60. The number of nitrogens with zero attached hydrogens (tertiary/aromatic N) is 1. The largest absolute Gasteiger partial charge is 0.454 e. The maximum absolute atomic E-state index is 13.5. The Morgan fingerprint density at radius 1 is 0.895 bits per heavy atom. The van der Waals surface area contributed by atoms with Gasteiger partial charge in [-0.05, 0) is 99.5 Å². The molecule has 6 nitrogen and oxygen atoms in total. The summed E-state index contributed by atoms with van der Waals surface area (Å²) in [7, 11) is -3.60. The van der Waals surface area contributed by atoms with Crippen LogP contribution < -0.4 is 9.47 Å². The van der Waals surface area contributed by atoms with E-state index >= 15 is 0 Å². The molecule has 2 aliphatic rings. The van der Waals surface area contributed by atoms with E-state index in [1.54, 1.807) is 12.1 Å². The van der Waals surface area contributed by atoms with Crippen molar-refractivity contribution >= 4 is 15.8 Å². The van der Waals surface area contributed by atoms with Crippen molar-refractivity contribution in [2.45, 2.75) is 76.3 Å². The number of Topliss-reactive ketones (excluding diaryl/α,β-unsaturated/α-hetero) is 1. The fraction of sp³-hybridized carbons (Fsp3) is 0.387. The highest BCUT2D eigenvalue weighted by Gasteiger charge is 2.50. The second-order valence-electron chi connectivity index (χ2n) is 10.9. The molecule has 5 rings (SSSR count). The van der Waals surface area contributed by atoms with Crippen LogP contribution in [0.3, 0.4) is 0 Å². The number of ether oxygens (including phenoxy) is 2. The van der Waals surface area contributed by atoms with E-state index in [4.69, 9.17) is 9.47 Å². The van der Waals surface area contributed by atoms with Crippen molar-refractivity contribution in [3.8, 4) is 22.6 Å². The monoisotopic (exact) mass is 533 g/mol. The van der Waals surface area contributed by atoms with Gasteiger partial charge >= 0.3 is 0 Å². The summed E-state index contributed by atoms with van der Waals surface area (Å²) in [6.45, 7) is 9.80. The number of rotatable bonds is 9. The zero-order chi connectivity index (χ0) is 27.2. The van der Waals surface area contributed by atoms with E-state index in [1.165, 1.54) is 4.31 Å². The first-order chi connectivity index (χ1) is 18.0. The second-order valence-corrected chi connectivity index (χ2v) is 12.8. The number of hydrogen-bond donors (Lipinski definition) is 0. The van der Waals surface area contributed by atoms with Gasteiger partial charge in [0, 0.05) is 18.5 Å². The molecule has 0 aromatic heterocycles. The number of fused-ring (bicyclic) bond motifs is 1. The molecule has 1 fully saturated rings. The van der Waals surface area contributed by atoms with Gasteiger partial charge < -0.3 is 9.47 Å². The fourth-order valence-electron chi connectivity index (χ4n) is 5.57. The number of benzene rings is 3. The van der Waals surface area contributed by atoms with Crippen LogP contribution in [0.25, 0.3) is 11.1 Å². The Kier molecular flexibility index (Phi) is 6.86. The van der Waals surface area contributed by atoms with Crippen molar-refractivity contribution in [1.29, 1.82) is 0 Å². The molecule has 0 N–H and O–H groups in total. The van der Waals surface area contributed by atoms with Crippen LogP contribution in [-0.2, 0) is 26.7 Å². The van der Waals surface area contributed by atoms with Crippen LogP contribution in [0.4, 0.5) is 0 Å². The lowest BCUT2D eigenvalue weighted by Gasteiger charge is -2.29. The zero-order valence-electron chi connectivity index (χ0n) is 22.7. The van der Waals surface area contributed by atoms with Gasteiger partial charge in [-0.15, -0.1) is 0 Å². The first-order valence-corrected chi connectivity index (χ1v) is 14.6. The van der Waals surface area contributed by atoms with Gasteiger partial charge in [0.15, 0.2) is 11.5 Å². The summed E-state index contributed by atoms with van der Waals surface area (Å²) in [4.78, 5) is 13.8. The van der Waals surface area contributed by atoms with E-state index in [1.807, 2.05) is 77.1 Å². The third-order valence-corrected chi connectivity index (χ3v) is 9.90. The number of sulfonamides is 1. The van der Waals surface area contributed by atoms with Gasteiger partial charge in [-0.3, -0.25) is 4.79 Å². The molecule has 0 spiro atoms. The maximum atomic E-state index is 13.5. The highest BCUT2D eigenvalue weighted by molar-refractivity contribution is 7.89. The molecule has 0 atom stereocenters. The summed E-state index contributed by atoms with van der Waals surface area (Å²) in [5.74, 6) is 1.63. The first kappa shape index (κ1) is 26.4. The second kappa shape index (κ2) is 9.86. The van der Waals surface area contributed by atoms with Crippen molar-refractivity contribution in [1.82, 2.24) is 4.31 Å². The Balaban J connectivity index is 1.37. The molecule has 3 aromatic rings. The van der Waals surface area contributed by atoms with Crippen molar-refractivity contribution in [3.63, 3.8) is 0 Å². The number of ketones is 1. The van der Waals surface area contributed by atoms with Crippen molar-refractivity contribution < 1.29 is 22.7 Å². The van der Waals surface area contributed by atoms with Gasteiger partial charge in [0.25, 0.3) is 0 Å². The lowest BCUT2D eigenvalue weighted by molar-refractivity contribution is -0.120. The van der Waals surface area contributed by atoms with Gasteiger partial charge in [0.2, 0.25) is 16.8 Å². The molecule has 0 bridgehead atoms. The van der Waals surface area contributed by atoms with Crippen LogP contribution in [0.1, 0.15) is 57.2 Å². The average molecular weight is 534 g/mol. The lowest BCUT2D eigenvalue weighted by atomic mass is 9.87. The lowest BCUT2D eigenvalue weighted by Crippen LogP contribution is -2.41. The third-order valence-electron chi connectivity index (χ3n) is 7.63. The summed E-state index contributed by atoms with van der Waals surface area (Å²) >= 11 is 0. The van der Waals surface area contributed by atoms with Crippen LogP contribution >= 0.6 is 0 Å². The van der Waals surface area contributed by atoms with Gasteiger partial charge in [0.1, 0.15) is 5.78 Å². The van der Waals surface area contributed by atoms with Crippen LogP contribution in [0.5, 0.6) is 11.5 Å². The van der Waals surface area contributed by atoms with E-state index in [0.29, 0.717) is 12.2 Å². The molecule has 1 heterocycles. The van der Waals surface area contributed by atoms with Crippen molar-refractivity contribution in [3.05, 3.63) is 77.4 Å². The van der Waals surface area contributed by atoms with E-state index in [9.17, 15) is 13.2 Å². The van der Waals surface area contributed by atoms with Gasteiger partial charge in [0.05, 0.1) is 10.3 Å². The Labute approximate surface area is 225 Å². The zero-order valence-corrected chi connectivity index (χ0v) is 23.5. The molecule has 7 heteroatoms. The van der Waals surface area contributed by atoms with E-state index in [0.717, 1.165) is 46.4 Å². The summed E-state index contributed by atoms with van der Waals surface area (Å²) in [6.07, 6.45) is 2.01. The van der Waals surface area contributed by atoms with E-state index in [2.05, 4.69) is 6.07 Å². The normalized spacial score (nSPS) is 15.9. The van der Waals surface area contributed by atoms with Crippen molar-refractivity contribution in [2.24, 2.45) is 0 Å². The molecule has 0 unspecified atom stereocenters. The topological polar surface area (TPSA) is 72.9 Å². The molecule has 1 saturated carbocycles. The predicted octanol–water partition coefficient (Wildman–Crippen LogP) is 6.04. The minimum Gasteiger partial charge on any atom is -0.454 e. The summed E-state index contributed by atoms with van der Waals surface area (Å²) < 4.78 is 39.0. The molecular formula is C31H35NO5S. The molecule has 38 heavy (non-hydrogen) atoms. The molecule has 0 radical (unpaired) electrons. The highest BCUT2D eigenvalue weighted by Crippen LogP contribution is 2.51. The van der Waals surface area contributed by atoms with Crippen molar-refractivity contribution in [2.75, 3.05) is 6.79 Å². The average Bonchev–Trinajstić information content (AvgIpc) is 3.55. The van der Waals surface area contributed by atoms with Crippen LogP contribution in [-0.4, -0.2) is 37.4 Å². The fourth-order valence-corrected chi connectivity index (χ4v) is 7.41. The number of carbonyl (C=O) groups excluding carboxylic acids is 1. The molecular weight excluding hydrogens is 498 g/mol. The first-order valence-electron chi connectivity index (χ1n) is 13.2. The number of hydrogen-bond acceptors (Lipinski definition) is 5. The Morgan fingerprint density at radius 2 is 1.55 bits per heavy atom. The minimum absolute atomic E-state index is 0.136. The van der Waals surface area contributed by atoms with E-state index in [-0.39, 0.29) is 29.6 Å². The third kappa shape index (κ3) is 4.74. The Morgan fingerprint density at radius 3 is 2.18 bits per heavy atom. The molecule has 200 valence electrons. The predicted molar refractivity (Wildman–Crippen MR) is 148 cm³/mol. The molecule has 0 saturated heterocycles. The number of carbonyl (C=O) groups is 1. The molecule has 1 aliphatic heterocycles. The SMILES string of the molecule is Cc1ccc(CC(=O)C2(c3ccc4c(c3)OCO4)CC2)cc1-c1ccc(S(=O)(=O)N(C(C)C)C(C)C)cc1. The van der Waals surface area contributed by atoms with Gasteiger partial charge in [-0.25, -0.2) is 8.42 Å². The molecule has 1 aliphatic carbocycles. The smallest absolute Gasteiger partial charge is 0.243 e. The van der Waals surface area contributed by atoms with Crippen LogP contribution in [0, 0.1) is 6.92 Å². The maximum Gasteiger partial charge on any atom is 0.243 e. The summed E-state index contributed by atoms with van der Waals surface area (Å²) in [5.41, 5.74) is 4.48. The number of aryl methyl sites for hydroxylation is 1. The van der Waals surface area contributed by atoms with Gasteiger partial charge in [-0.1, -0.05) is 36.4 Å². The van der Waals surface area contributed by atoms with E-state index < -0.39 is 15.4 Å². The quantitative estimate of drug-likeness (QED) is 0.335. The van der Waals surface area contributed by atoms with Crippen LogP contribution in [0.2, 0.25) is 0 Å². The summed E-state index contributed by atoms with van der Waals surface area (Å²) in [6, 6.07) is 18.7. The summed E-state index contributed by atoms with van der Waals surface area (Å²) in [5, 5.41) is 0. The molecule has 0 amide bonds. The Bertz CT molecular complexity index is 1460. The van der Waals surface area contributed by atoms with Crippen LogP contribution in [0.15, 0.2) is 65.6 Å². The molecule has 3 aromatic carbocycles. The van der Waals surface area contributed by atoms with Gasteiger partial charge in [-0.2, -0.15) is 4.31 Å².